The summed E-state index contributed by atoms with van der Waals surface area (Å²) >= 11 is 0. The third-order valence-corrected chi connectivity index (χ3v) is 2.54. The minimum Gasteiger partial charge on any atom is -0.443 e. The van der Waals surface area contributed by atoms with Crippen molar-refractivity contribution in [1.29, 1.82) is 0 Å². The Balaban J connectivity index is 2.10. The summed E-state index contributed by atoms with van der Waals surface area (Å²) in [6.07, 6.45) is 2.87. The highest BCUT2D eigenvalue weighted by molar-refractivity contribution is 6.06. The third kappa shape index (κ3) is 1.76. The number of likely N-dealkylation sites (tertiary alicyclic amines) is 1. The topological polar surface area (TPSA) is 46.6 Å². The minimum absolute atomic E-state index is 0.00218. The largest absolute Gasteiger partial charge is 0.443 e. The molecule has 0 unspecified atom stereocenters. The lowest BCUT2D eigenvalue weighted by Gasteiger charge is -2.27. The average molecular weight is 209 g/mol. The van der Waals surface area contributed by atoms with E-state index in [1.165, 1.54) is 4.90 Å². The molecule has 1 aliphatic heterocycles. The highest BCUT2D eigenvalue weighted by Crippen LogP contribution is 2.34. The third-order valence-electron chi connectivity index (χ3n) is 2.54. The summed E-state index contributed by atoms with van der Waals surface area (Å²) in [5.74, 6) is -0.180. The van der Waals surface area contributed by atoms with Gasteiger partial charge < -0.3 is 4.74 Å². The van der Waals surface area contributed by atoms with Crippen molar-refractivity contribution < 1.29 is 14.3 Å². The number of carbonyl (C=O) groups is 2. The molecule has 1 heterocycles. The van der Waals surface area contributed by atoms with Gasteiger partial charge in [-0.25, -0.2) is 9.69 Å². The average Bonchev–Trinajstić information content (AvgIpc) is 2.59. The van der Waals surface area contributed by atoms with Gasteiger partial charge in [0.2, 0.25) is 0 Å². The molecular formula is C11H15NO3. The standard InChI is InChI=1S/C11H15NO3/c1-11(2,3)15-10(14)12-8-5-4-7(6-8)9(12)13/h4,8H,5-6H2,1-3H3/t8-/m0/s1. The molecule has 0 spiro atoms. The predicted octanol–water partition coefficient (Wildman–Crippen LogP) is 1.85. The quantitative estimate of drug-likeness (QED) is 0.611. The predicted molar refractivity (Wildman–Crippen MR) is 54.2 cm³/mol. The first-order chi connectivity index (χ1) is 6.88. The lowest BCUT2D eigenvalue weighted by Crippen LogP contribution is -2.43. The molecule has 2 aliphatic rings. The van der Waals surface area contributed by atoms with Crippen LogP contribution in [0.15, 0.2) is 11.6 Å². The van der Waals surface area contributed by atoms with Crippen molar-refractivity contribution >= 4 is 12.0 Å². The summed E-state index contributed by atoms with van der Waals surface area (Å²) in [4.78, 5) is 24.6. The van der Waals surface area contributed by atoms with Gasteiger partial charge in [0.25, 0.3) is 5.91 Å². The van der Waals surface area contributed by atoms with Crippen LogP contribution in [0.3, 0.4) is 0 Å². The first-order valence-corrected chi connectivity index (χ1v) is 5.14. The number of nitrogens with zero attached hydrogens (tertiary/aromatic N) is 1. The number of carbonyl (C=O) groups excluding carboxylic acids is 2. The first kappa shape index (κ1) is 10.2. The van der Waals surface area contributed by atoms with Gasteiger partial charge in [-0.15, -0.1) is 0 Å². The zero-order valence-electron chi connectivity index (χ0n) is 9.24. The van der Waals surface area contributed by atoms with E-state index < -0.39 is 11.7 Å². The molecule has 1 fully saturated rings. The van der Waals surface area contributed by atoms with Crippen molar-refractivity contribution in [3.63, 3.8) is 0 Å². The Kier molecular flexibility index (Phi) is 2.10. The van der Waals surface area contributed by atoms with E-state index in [0.29, 0.717) is 6.42 Å². The zero-order valence-corrected chi connectivity index (χ0v) is 9.24. The lowest BCUT2D eigenvalue weighted by atomic mass is 10.2. The normalized spacial score (nSPS) is 24.5. The number of hydrogen-bond donors (Lipinski definition) is 0. The second kappa shape index (κ2) is 3.08. The van der Waals surface area contributed by atoms with Gasteiger partial charge in [0, 0.05) is 5.57 Å². The molecule has 1 atom stereocenters. The Morgan fingerprint density at radius 2 is 2.20 bits per heavy atom. The van der Waals surface area contributed by atoms with Crippen LogP contribution in [0.2, 0.25) is 0 Å². The number of imide groups is 1. The van der Waals surface area contributed by atoms with Crippen LogP contribution >= 0.6 is 0 Å². The van der Waals surface area contributed by atoms with E-state index >= 15 is 0 Å². The summed E-state index contributed by atoms with van der Waals surface area (Å²) in [5, 5.41) is 0. The maximum Gasteiger partial charge on any atom is 0.417 e. The first-order valence-electron chi connectivity index (χ1n) is 5.14. The summed E-state index contributed by atoms with van der Waals surface area (Å²) in [6, 6.07) is 0.00218. The van der Waals surface area contributed by atoms with Gasteiger partial charge in [-0.1, -0.05) is 6.08 Å². The molecule has 2 rings (SSSR count). The fourth-order valence-corrected chi connectivity index (χ4v) is 1.93. The van der Waals surface area contributed by atoms with Crippen molar-refractivity contribution in [2.45, 2.75) is 45.3 Å². The van der Waals surface area contributed by atoms with Gasteiger partial charge in [-0.2, -0.15) is 0 Å². The monoisotopic (exact) mass is 209 g/mol. The molecule has 0 aromatic rings. The molecule has 0 aromatic carbocycles. The van der Waals surface area contributed by atoms with Crippen LogP contribution in [0.25, 0.3) is 0 Å². The van der Waals surface area contributed by atoms with Crippen LogP contribution < -0.4 is 0 Å². The summed E-state index contributed by atoms with van der Waals surface area (Å²) in [6.45, 7) is 5.38. The highest BCUT2D eigenvalue weighted by atomic mass is 16.6. The van der Waals surface area contributed by atoms with Crippen molar-refractivity contribution in [2.75, 3.05) is 0 Å². The van der Waals surface area contributed by atoms with E-state index in [1.54, 1.807) is 20.8 Å². The number of ether oxygens (including phenoxy) is 1. The fourth-order valence-electron chi connectivity index (χ4n) is 1.93. The van der Waals surface area contributed by atoms with Gasteiger partial charge in [-0.05, 0) is 33.6 Å². The van der Waals surface area contributed by atoms with Crippen molar-refractivity contribution in [2.24, 2.45) is 0 Å². The molecule has 0 N–H and O–H groups in total. The molecule has 0 aromatic heterocycles. The number of fused-ring (bicyclic) bond motifs is 2. The van der Waals surface area contributed by atoms with Crippen molar-refractivity contribution in [3.05, 3.63) is 11.6 Å². The highest BCUT2D eigenvalue weighted by Gasteiger charge is 2.44. The smallest absolute Gasteiger partial charge is 0.417 e. The molecule has 82 valence electrons. The Morgan fingerprint density at radius 3 is 2.67 bits per heavy atom. The van der Waals surface area contributed by atoms with Gasteiger partial charge in [0.05, 0.1) is 6.04 Å². The van der Waals surface area contributed by atoms with Crippen LogP contribution in [0.4, 0.5) is 4.79 Å². The molecule has 15 heavy (non-hydrogen) atoms. The van der Waals surface area contributed by atoms with E-state index in [-0.39, 0.29) is 11.9 Å². The molecule has 4 nitrogen and oxygen atoms in total. The number of rotatable bonds is 0. The van der Waals surface area contributed by atoms with Crippen molar-refractivity contribution in [3.8, 4) is 0 Å². The fraction of sp³-hybridized carbons (Fsp3) is 0.636. The van der Waals surface area contributed by atoms with Crippen LogP contribution in [0.5, 0.6) is 0 Å². The zero-order chi connectivity index (χ0) is 11.2. The summed E-state index contributed by atoms with van der Waals surface area (Å²) in [7, 11) is 0. The summed E-state index contributed by atoms with van der Waals surface area (Å²) in [5.41, 5.74) is 0.207. The maximum atomic E-state index is 11.7. The van der Waals surface area contributed by atoms with Crippen LogP contribution in [0, 0.1) is 0 Å². The number of hydrogen-bond acceptors (Lipinski definition) is 3. The van der Waals surface area contributed by atoms with Gasteiger partial charge in [0.1, 0.15) is 5.60 Å². The van der Waals surface area contributed by atoms with E-state index in [2.05, 4.69) is 0 Å². The molecule has 1 aliphatic carbocycles. The Labute approximate surface area is 88.9 Å². The van der Waals surface area contributed by atoms with Gasteiger partial charge in [0.15, 0.2) is 0 Å². The molecule has 2 amide bonds. The number of amides is 2. The second-order valence-corrected chi connectivity index (χ2v) is 4.98. The van der Waals surface area contributed by atoms with Gasteiger partial charge >= 0.3 is 6.09 Å². The SMILES string of the molecule is CC(C)(C)OC(=O)N1C(=O)C2=CC[C@H]1C2. The van der Waals surface area contributed by atoms with E-state index in [9.17, 15) is 9.59 Å². The minimum atomic E-state index is -0.548. The summed E-state index contributed by atoms with van der Waals surface area (Å²) < 4.78 is 5.18. The Morgan fingerprint density at radius 1 is 1.53 bits per heavy atom. The Bertz CT molecular complexity index is 351. The molecule has 0 saturated carbocycles. The molecule has 0 radical (unpaired) electrons. The van der Waals surface area contributed by atoms with Crippen LogP contribution in [-0.2, 0) is 9.53 Å². The van der Waals surface area contributed by atoms with E-state index in [1.807, 2.05) is 6.08 Å². The molecular weight excluding hydrogens is 194 g/mol. The van der Waals surface area contributed by atoms with Crippen molar-refractivity contribution in [1.82, 2.24) is 4.90 Å². The Hall–Kier alpha value is -1.32. The van der Waals surface area contributed by atoms with Gasteiger partial charge in [-0.3, -0.25) is 4.79 Å². The second-order valence-electron chi connectivity index (χ2n) is 4.98. The molecule has 2 bridgehead atoms. The van der Waals surface area contributed by atoms with Crippen LogP contribution in [-0.4, -0.2) is 28.5 Å². The van der Waals surface area contributed by atoms with Crippen LogP contribution in [0.1, 0.15) is 33.6 Å². The van der Waals surface area contributed by atoms with E-state index in [4.69, 9.17) is 4.74 Å². The molecule has 4 heteroatoms. The molecule has 1 saturated heterocycles. The van der Waals surface area contributed by atoms with E-state index in [0.717, 1.165) is 12.0 Å². The maximum absolute atomic E-state index is 11.7. The lowest BCUT2D eigenvalue weighted by molar-refractivity contribution is -0.125.